The van der Waals surface area contributed by atoms with Crippen molar-refractivity contribution in [2.45, 2.75) is 13.3 Å². The number of aromatic nitrogens is 1. The topological polar surface area (TPSA) is 48.4 Å². The van der Waals surface area contributed by atoms with Crippen molar-refractivity contribution in [2.75, 3.05) is 6.61 Å². The molecule has 0 aliphatic heterocycles. The number of hydrogen-bond donors (Lipinski definition) is 0. The molecule has 0 aliphatic carbocycles. The first-order valence-corrected chi connectivity index (χ1v) is 6.36. The number of nitrogens with zero attached hydrogens (tertiary/aromatic N) is 1. The van der Waals surface area contributed by atoms with E-state index in [-0.39, 0.29) is 11.3 Å². The van der Waals surface area contributed by atoms with Crippen molar-refractivity contribution < 1.29 is 23.0 Å². The van der Waals surface area contributed by atoms with Crippen molar-refractivity contribution in [3.63, 3.8) is 0 Å². The molecule has 110 valence electrons. The van der Waals surface area contributed by atoms with E-state index in [1.165, 1.54) is 12.1 Å². The highest BCUT2D eigenvalue weighted by Crippen LogP contribution is 2.17. The predicted octanol–water partition coefficient (Wildman–Crippen LogP) is 3.37. The third-order valence-corrected chi connectivity index (χ3v) is 2.54. The zero-order valence-electron chi connectivity index (χ0n) is 11.3. The first kappa shape index (κ1) is 14.9. The van der Waals surface area contributed by atoms with Gasteiger partial charge in [0.25, 0.3) is 0 Å². The molecule has 21 heavy (non-hydrogen) atoms. The number of esters is 1. The van der Waals surface area contributed by atoms with Crippen molar-refractivity contribution >= 4 is 5.97 Å². The number of pyridine rings is 1. The van der Waals surface area contributed by atoms with E-state index in [4.69, 9.17) is 9.47 Å². The average molecular weight is 293 g/mol. The van der Waals surface area contributed by atoms with Gasteiger partial charge < -0.3 is 9.47 Å². The van der Waals surface area contributed by atoms with Crippen molar-refractivity contribution in [3.8, 4) is 11.5 Å². The van der Waals surface area contributed by atoms with Crippen LogP contribution in [0.25, 0.3) is 0 Å². The number of ether oxygens (including phenoxy) is 2. The Hall–Kier alpha value is -2.50. The summed E-state index contributed by atoms with van der Waals surface area (Å²) in [6.45, 7) is 2.58. The summed E-state index contributed by atoms with van der Waals surface area (Å²) in [6.07, 6.45) is 1.82. The monoisotopic (exact) mass is 293 g/mol. The molecule has 1 aromatic heterocycles. The molecule has 1 heterocycles. The number of rotatable bonds is 5. The zero-order chi connectivity index (χ0) is 15.2. The standard InChI is InChI=1S/C15H13F2NO3/c1-2-7-20-11-5-3-10(4-6-11)15(19)21-12-8-13(16)14(17)18-9-12/h3-6,8-9H,2,7H2,1H3. The van der Waals surface area contributed by atoms with Gasteiger partial charge in [0.1, 0.15) is 5.75 Å². The van der Waals surface area contributed by atoms with Crippen LogP contribution in [0.1, 0.15) is 23.7 Å². The molecule has 0 fully saturated rings. The predicted molar refractivity (Wildman–Crippen MR) is 71.3 cm³/mol. The van der Waals surface area contributed by atoms with Gasteiger partial charge in [-0.3, -0.25) is 0 Å². The third kappa shape index (κ3) is 3.98. The quantitative estimate of drug-likeness (QED) is 0.626. The van der Waals surface area contributed by atoms with Crippen molar-refractivity contribution in [3.05, 3.63) is 53.9 Å². The molecular formula is C15H13F2NO3. The minimum atomic E-state index is -1.24. The summed E-state index contributed by atoms with van der Waals surface area (Å²) >= 11 is 0. The SMILES string of the molecule is CCCOc1ccc(C(=O)Oc2cnc(F)c(F)c2)cc1. The zero-order valence-corrected chi connectivity index (χ0v) is 11.3. The van der Waals surface area contributed by atoms with Gasteiger partial charge in [0.05, 0.1) is 18.4 Å². The van der Waals surface area contributed by atoms with Crippen molar-refractivity contribution in [1.29, 1.82) is 0 Å². The van der Waals surface area contributed by atoms with Crippen LogP contribution in [0, 0.1) is 11.8 Å². The first-order valence-electron chi connectivity index (χ1n) is 6.36. The van der Waals surface area contributed by atoms with E-state index in [0.717, 1.165) is 18.7 Å². The van der Waals surface area contributed by atoms with Crippen LogP contribution in [0.15, 0.2) is 36.5 Å². The van der Waals surface area contributed by atoms with E-state index < -0.39 is 17.7 Å². The molecule has 0 amide bonds. The highest BCUT2D eigenvalue weighted by molar-refractivity contribution is 5.91. The Morgan fingerprint density at radius 3 is 2.52 bits per heavy atom. The molecule has 0 radical (unpaired) electrons. The lowest BCUT2D eigenvalue weighted by atomic mass is 10.2. The fraction of sp³-hybridized carbons (Fsp3) is 0.200. The molecule has 4 nitrogen and oxygen atoms in total. The lowest BCUT2D eigenvalue weighted by molar-refractivity contribution is 0.0733. The maximum Gasteiger partial charge on any atom is 0.343 e. The summed E-state index contributed by atoms with van der Waals surface area (Å²) in [5, 5.41) is 0. The molecular weight excluding hydrogens is 280 g/mol. The van der Waals surface area contributed by atoms with E-state index in [9.17, 15) is 13.6 Å². The second-order valence-corrected chi connectivity index (χ2v) is 4.21. The van der Waals surface area contributed by atoms with E-state index in [2.05, 4.69) is 4.98 Å². The molecule has 0 N–H and O–H groups in total. The maximum atomic E-state index is 13.0. The van der Waals surface area contributed by atoms with Crippen LogP contribution in [0.4, 0.5) is 8.78 Å². The highest BCUT2D eigenvalue weighted by atomic mass is 19.2. The van der Waals surface area contributed by atoms with Gasteiger partial charge in [-0.05, 0) is 30.7 Å². The molecule has 0 spiro atoms. The second kappa shape index (κ2) is 6.78. The molecule has 0 saturated heterocycles. The lowest BCUT2D eigenvalue weighted by Crippen LogP contribution is -2.09. The van der Waals surface area contributed by atoms with Gasteiger partial charge in [-0.1, -0.05) is 6.92 Å². The Morgan fingerprint density at radius 1 is 1.19 bits per heavy atom. The summed E-state index contributed by atoms with van der Waals surface area (Å²) in [5.74, 6) is -2.63. The molecule has 0 bridgehead atoms. The summed E-state index contributed by atoms with van der Waals surface area (Å²) < 4.78 is 35.9. The van der Waals surface area contributed by atoms with Gasteiger partial charge >= 0.3 is 5.97 Å². The Morgan fingerprint density at radius 2 is 1.90 bits per heavy atom. The number of benzene rings is 1. The van der Waals surface area contributed by atoms with Crippen molar-refractivity contribution in [2.24, 2.45) is 0 Å². The second-order valence-electron chi connectivity index (χ2n) is 4.21. The Labute approximate surface area is 120 Å². The third-order valence-electron chi connectivity index (χ3n) is 2.54. The van der Waals surface area contributed by atoms with Gasteiger partial charge in [0, 0.05) is 6.07 Å². The van der Waals surface area contributed by atoms with Gasteiger partial charge in [0.2, 0.25) is 5.95 Å². The molecule has 0 unspecified atom stereocenters. The smallest absolute Gasteiger partial charge is 0.343 e. The normalized spacial score (nSPS) is 10.2. The number of halogens is 2. The van der Waals surface area contributed by atoms with Crippen LogP contribution in [0.2, 0.25) is 0 Å². The Balaban J connectivity index is 2.04. The molecule has 2 aromatic rings. The van der Waals surface area contributed by atoms with Crippen LogP contribution in [0.3, 0.4) is 0 Å². The van der Waals surface area contributed by atoms with Gasteiger partial charge in [0.15, 0.2) is 11.6 Å². The first-order chi connectivity index (χ1) is 10.1. The van der Waals surface area contributed by atoms with Crippen LogP contribution < -0.4 is 9.47 Å². The van der Waals surface area contributed by atoms with Gasteiger partial charge in [-0.2, -0.15) is 4.39 Å². The fourth-order valence-electron chi connectivity index (χ4n) is 1.53. The summed E-state index contributed by atoms with van der Waals surface area (Å²) in [4.78, 5) is 15.0. The highest BCUT2D eigenvalue weighted by Gasteiger charge is 2.11. The summed E-state index contributed by atoms with van der Waals surface area (Å²) in [5.41, 5.74) is 0.267. The maximum absolute atomic E-state index is 13.0. The molecule has 0 atom stereocenters. The number of hydrogen-bond acceptors (Lipinski definition) is 4. The minimum Gasteiger partial charge on any atom is -0.494 e. The summed E-state index contributed by atoms with van der Waals surface area (Å²) in [7, 11) is 0. The summed E-state index contributed by atoms with van der Waals surface area (Å²) in [6, 6.07) is 7.09. The van der Waals surface area contributed by atoms with E-state index in [1.54, 1.807) is 12.1 Å². The van der Waals surface area contributed by atoms with Crippen molar-refractivity contribution in [1.82, 2.24) is 4.98 Å². The fourth-order valence-corrected chi connectivity index (χ4v) is 1.53. The molecule has 6 heteroatoms. The average Bonchev–Trinajstić information content (AvgIpc) is 2.49. The molecule has 1 aromatic carbocycles. The van der Waals surface area contributed by atoms with E-state index >= 15 is 0 Å². The van der Waals surface area contributed by atoms with E-state index in [0.29, 0.717) is 12.4 Å². The lowest BCUT2D eigenvalue weighted by Gasteiger charge is -2.06. The largest absolute Gasteiger partial charge is 0.494 e. The van der Waals surface area contributed by atoms with Gasteiger partial charge in [-0.15, -0.1) is 0 Å². The Kier molecular flexibility index (Phi) is 4.81. The molecule has 0 aliphatic rings. The van der Waals surface area contributed by atoms with Crippen LogP contribution in [-0.2, 0) is 0 Å². The molecule has 2 rings (SSSR count). The number of carbonyl (C=O) groups excluding carboxylic acids is 1. The van der Waals surface area contributed by atoms with Crippen LogP contribution in [-0.4, -0.2) is 17.6 Å². The van der Waals surface area contributed by atoms with E-state index in [1.807, 2.05) is 6.92 Å². The molecule has 0 saturated carbocycles. The number of carbonyl (C=O) groups is 1. The minimum absolute atomic E-state index is 0.162. The van der Waals surface area contributed by atoms with Crippen LogP contribution in [0.5, 0.6) is 11.5 Å². The Bertz CT molecular complexity index is 629. The van der Waals surface area contributed by atoms with Gasteiger partial charge in [-0.25, -0.2) is 14.2 Å². The van der Waals surface area contributed by atoms with Crippen LogP contribution >= 0.6 is 0 Å².